The Labute approximate surface area is 164 Å². The van der Waals surface area contributed by atoms with Crippen molar-refractivity contribution in [3.63, 3.8) is 0 Å². The van der Waals surface area contributed by atoms with Gasteiger partial charge < -0.3 is 15.1 Å². The van der Waals surface area contributed by atoms with E-state index in [1.165, 1.54) is 36.4 Å². The van der Waals surface area contributed by atoms with E-state index in [0.29, 0.717) is 27.1 Å². The van der Waals surface area contributed by atoms with Crippen LogP contribution in [-0.2, 0) is 4.79 Å². The first-order valence-corrected chi connectivity index (χ1v) is 8.57. The lowest BCUT2D eigenvalue weighted by Gasteiger charge is -2.08. The summed E-state index contributed by atoms with van der Waals surface area (Å²) >= 11 is 11.8. The Bertz CT molecular complexity index is 987. The molecule has 2 aromatic carbocycles. The highest BCUT2D eigenvalue weighted by Gasteiger charge is 2.14. The average molecular weight is 407 g/mol. The number of rotatable bonds is 5. The molecular formula is C19H13Cl2FN2O3. The minimum atomic E-state index is -0.560. The van der Waals surface area contributed by atoms with Gasteiger partial charge in [0.25, 0.3) is 5.91 Å². The van der Waals surface area contributed by atoms with Crippen LogP contribution in [0.15, 0.2) is 59.0 Å². The highest BCUT2D eigenvalue weighted by atomic mass is 35.5. The fourth-order valence-corrected chi connectivity index (χ4v) is 2.60. The van der Waals surface area contributed by atoms with E-state index in [9.17, 15) is 14.0 Å². The predicted molar refractivity (Wildman–Crippen MR) is 102 cm³/mol. The van der Waals surface area contributed by atoms with E-state index in [-0.39, 0.29) is 18.1 Å². The highest BCUT2D eigenvalue weighted by molar-refractivity contribution is 6.35. The number of anilines is 1. The summed E-state index contributed by atoms with van der Waals surface area (Å²) in [5.41, 5.74) is 0.976. The third kappa shape index (κ3) is 4.87. The zero-order chi connectivity index (χ0) is 19.4. The molecule has 0 saturated carbocycles. The van der Waals surface area contributed by atoms with E-state index >= 15 is 0 Å². The molecular weight excluding hydrogens is 394 g/mol. The number of amides is 2. The first-order valence-electron chi connectivity index (χ1n) is 7.81. The Morgan fingerprint density at radius 1 is 1.00 bits per heavy atom. The van der Waals surface area contributed by atoms with Gasteiger partial charge in [0.2, 0.25) is 5.91 Å². The van der Waals surface area contributed by atoms with Crippen molar-refractivity contribution in [1.29, 1.82) is 0 Å². The quantitative estimate of drug-likeness (QED) is 0.641. The summed E-state index contributed by atoms with van der Waals surface area (Å²) in [5, 5.41) is 5.75. The van der Waals surface area contributed by atoms with E-state index in [4.69, 9.17) is 27.6 Å². The Morgan fingerprint density at radius 3 is 2.48 bits per heavy atom. The molecule has 3 rings (SSSR count). The van der Waals surface area contributed by atoms with Gasteiger partial charge in [0.15, 0.2) is 5.76 Å². The normalized spacial score (nSPS) is 10.5. The largest absolute Gasteiger partial charge is 0.451 e. The third-order valence-corrected chi connectivity index (χ3v) is 4.14. The molecule has 0 aliphatic heterocycles. The third-order valence-electron chi connectivity index (χ3n) is 3.57. The molecule has 0 fully saturated rings. The Hall–Kier alpha value is -2.83. The van der Waals surface area contributed by atoms with Crippen LogP contribution in [-0.4, -0.2) is 18.4 Å². The van der Waals surface area contributed by atoms with Gasteiger partial charge in [-0.25, -0.2) is 4.39 Å². The molecule has 27 heavy (non-hydrogen) atoms. The van der Waals surface area contributed by atoms with Crippen molar-refractivity contribution in [3.05, 3.63) is 76.2 Å². The van der Waals surface area contributed by atoms with E-state index in [1.807, 2.05) is 0 Å². The zero-order valence-electron chi connectivity index (χ0n) is 13.8. The molecule has 3 aromatic rings. The second-order valence-corrected chi connectivity index (χ2v) is 6.37. The molecule has 0 aliphatic carbocycles. The lowest BCUT2D eigenvalue weighted by atomic mass is 10.2. The van der Waals surface area contributed by atoms with Crippen LogP contribution in [0, 0.1) is 5.82 Å². The van der Waals surface area contributed by atoms with Gasteiger partial charge in [-0.05, 0) is 54.6 Å². The van der Waals surface area contributed by atoms with Crippen molar-refractivity contribution in [2.75, 3.05) is 11.9 Å². The zero-order valence-corrected chi connectivity index (χ0v) is 15.3. The van der Waals surface area contributed by atoms with Crippen LogP contribution in [0.3, 0.4) is 0 Å². The summed E-state index contributed by atoms with van der Waals surface area (Å²) < 4.78 is 18.4. The molecule has 0 atom stereocenters. The van der Waals surface area contributed by atoms with Gasteiger partial charge in [0.1, 0.15) is 11.6 Å². The van der Waals surface area contributed by atoms with Crippen LogP contribution in [0.5, 0.6) is 0 Å². The van der Waals surface area contributed by atoms with Gasteiger partial charge in [-0.2, -0.15) is 0 Å². The molecule has 0 spiro atoms. The maximum atomic E-state index is 13.0. The van der Waals surface area contributed by atoms with Crippen LogP contribution >= 0.6 is 23.2 Å². The van der Waals surface area contributed by atoms with E-state index in [2.05, 4.69) is 10.6 Å². The average Bonchev–Trinajstić information content (AvgIpc) is 3.13. The predicted octanol–water partition coefficient (Wildman–Crippen LogP) is 4.76. The molecule has 2 N–H and O–H groups in total. The standard InChI is InChI=1S/C19H13Cl2FN2O3/c20-12-3-6-14(21)15(9-12)24-18(25)10-23-19(26)17-8-7-16(27-17)11-1-4-13(22)5-2-11/h1-9H,10H2,(H,23,26)(H,24,25). The molecule has 2 amide bonds. The molecule has 5 nitrogen and oxygen atoms in total. The van der Waals surface area contributed by atoms with Crippen molar-refractivity contribution < 1.29 is 18.4 Å². The van der Waals surface area contributed by atoms with Crippen molar-refractivity contribution in [1.82, 2.24) is 5.32 Å². The summed E-state index contributed by atoms with van der Waals surface area (Å²) in [6, 6.07) is 13.4. The molecule has 0 saturated heterocycles. The first-order chi connectivity index (χ1) is 12.9. The highest BCUT2D eigenvalue weighted by Crippen LogP contribution is 2.25. The van der Waals surface area contributed by atoms with E-state index < -0.39 is 11.8 Å². The summed E-state index contributed by atoms with van der Waals surface area (Å²) in [5.74, 6) is -0.958. The van der Waals surface area contributed by atoms with Gasteiger partial charge in [0.05, 0.1) is 17.3 Å². The Balaban J connectivity index is 1.58. The van der Waals surface area contributed by atoms with Crippen LogP contribution in [0.4, 0.5) is 10.1 Å². The molecule has 0 unspecified atom stereocenters. The number of halogens is 3. The number of carbonyl (C=O) groups is 2. The van der Waals surface area contributed by atoms with Gasteiger partial charge in [-0.1, -0.05) is 23.2 Å². The number of hydrogen-bond acceptors (Lipinski definition) is 3. The van der Waals surface area contributed by atoms with Crippen LogP contribution in [0.2, 0.25) is 10.0 Å². The van der Waals surface area contributed by atoms with Gasteiger partial charge in [0, 0.05) is 10.6 Å². The Kier molecular flexibility index (Phi) is 5.78. The fraction of sp³-hybridized carbons (Fsp3) is 0.0526. The summed E-state index contributed by atoms with van der Waals surface area (Å²) in [7, 11) is 0. The Morgan fingerprint density at radius 2 is 1.74 bits per heavy atom. The number of hydrogen-bond donors (Lipinski definition) is 2. The molecule has 0 bridgehead atoms. The summed E-state index contributed by atoms with van der Waals surface area (Å²) in [6.45, 7) is -0.283. The topological polar surface area (TPSA) is 71.3 Å². The maximum absolute atomic E-state index is 13.0. The summed E-state index contributed by atoms with van der Waals surface area (Å²) in [4.78, 5) is 24.1. The lowest BCUT2D eigenvalue weighted by molar-refractivity contribution is -0.115. The van der Waals surface area contributed by atoms with Crippen LogP contribution in [0.1, 0.15) is 10.6 Å². The first kappa shape index (κ1) is 18.9. The van der Waals surface area contributed by atoms with Crippen molar-refractivity contribution >= 4 is 40.7 Å². The van der Waals surface area contributed by atoms with E-state index in [1.54, 1.807) is 18.2 Å². The summed E-state index contributed by atoms with van der Waals surface area (Å²) in [6.07, 6.45) is 0. The minimum absolute atomic E-state index is 0.0305. The SMILES string of the molecule is O=C(CNC(=O)c1ccc(-c2ccc(F)cc2)o1)Nc1cc(Cl)ccc1Cl. The van der Waals surface area contributed by atoms with Gasteiger partial charge in [-0.3, -0.25) is 9.59 Å². The van der Waals surface area contributed by atoms with Gasteiger partial charge in [-0.15, -0.1) is 0 Å². The molecule has 1 heterocycles. The molecule has 8 heteroatoms. The maximum Gasteiger partial charge on any atom is 0.287 e. The van der Waals surface area contributed by atoms with E-state index in [0.717, 1.165) is 0 Å². The van der Waals surface area contributed by atoms with Crippen LogP contribution < -0.4 is 10.6 Å². The number of benzene rings is 2. The number of furan rings is 1. The molecule has 138 valence electrons. The smallest absolute Gasteiger partial charge is 0.287 e. The fourth-order valence-electron chi connectivity index (χ4n) is 2.26. The van der Waals surface area contributed by atoms with Crippen molar-refractivity contribution in [3.8, 4) is 11.3 Å². The second-order valence-electron chi connectivity index (χ2n) is 5.53. The number of nitrogens with one attached hydrogen (secondary N) is 2. The van der Waals surface area contributed by atoms with Crippen molar-refractivity contribution in [2.45, 2.75) is 0 Å². The monoisotopic (exact) mass is 406 g/mol. The van der Waals surface area contributed by atoms with Crippen LogP contribution in [0.25, 0.3) is 11.3 Å². The van der Waals surface area contributed by atoms with Crippen molar-refractivity contribution in [2.24, 2.45) is 0 Å². The van der Waals surface area contributed by atoms with Gasteiger partial charge >= 0.3 is 0 Å². The lowest BCUT2D eigenvalue weighted by Crippen LogP contribution is -2.32. The molecule has 0 radical (unpaired) electrons. The second kappa shape index (κ2) is 8.24. The molecule has 0 aliphatic rings. The number of carbonyl (C=O) groups excluding carboxylic acids is 2. The molecule has 1 aromatic heterocycles. The minimum Gasteiger partial charge on any atom is -0.451 e.